The number of amides is 1. The van der Waals surface area contributed by atoms with Crippen LogP contribution < -0.4 is 14.8 Å². The van der Waals surface area contributed by atoms with Gasteiger partial charge in [0, 0.05) is 18.3 Å². The molecule has 0 aliphatic carbocycles. The highest BCUT2D eigenvalue weighted by Gasteiger charge is 2.09. The number of anilines is 1. The van der Waals surface area contributed by atoms with E-state index >= 15 is 0 Å². The van der Waals surface area contributed by atoms with E-state index in [0.29, 0.717) is 17.3 Å². The lowest BCUT2D eigenvalue weighted by Gasteiger charge is -2.03. The van der Waals surface area contributed by atoms with Gasteiger partial charge in [0.15, 0.2) is 0 Å². The maximum atomic E-state index is 12.2. The van der Waals surface area contributed by atoms with E-state index in [4.69, 9.17) is 9.47 Å². The molecule has 0 saturated heterocycles. The first-order valence-corrected chi connectivity index (χ1v) is 8.16. The highest BCUT2D eigenvalue weighted by Crippen LogP contribution is 2.16. The number of hydrogen-bond acceptors (Lipinski definition) is 5. The Morgan fingerprint density at radius 1 is 1.12 bits per heavy atom. The molecule has 26 heavy (non-hydrogen) atoms. The average molecular weight is 352 g/mol. The van der Waals surface area contributed by atoms with E-state index in [-0.39, 0.29) is 5.91 Å². The van der Waals surface area contributed by atoms with E-state index in [1.54, 1.807) is 19.2 Å². The monoisotopic (exact) mass is 352 g/mol. The van der Waals surface area contributed by atoms with Gasteiger partial charge >= 0.3 is 0 Å². The standard InChI is InChI=1S/C19H20N4O3/c1-25-16-5-3-4-13(10-16)6-8-15-11-17(23-22-15)21-19(24)14-7-9-18(26-2)20-12-14/h3-5,7,9-12H,6,8H2,1-2H3,(H2,21,22,23,24). The van der Waals surface area contributed by atoms with E-state index in [0.717, 1.165) is 24.3 Å². The summed E-state index contributed by atoms with van der Waals surface area (Å²) >= 11 is 0. The zero-order chi connectivity index (χ0) is 18.4. The predicted octanol–water partition coefficient (Wildman–Crippen LogP) is 2.86. The van der Waals surface area contributed by atoms with E-state index in [1.807, 2.05) is 24.3 Å². The number of nitrogens with one attached hydrogen (secondary N) is 2. The maximum absolute atomic E-state index is 12.2. The number of carbonyl (C=O) groups is 1. The van der Waals surface area contributed by atoms with Gasteiger partial charge in [-0.2, -0.15) is 5.10 Å². The summed E-state index contributed by atoms with van der Waals surface area (Å²) in [5, 5.41) is 9.85. The number of aromatic amines is 1. The molecule has 7 nitrogen and oxygen atoms in total. The normalized spacial score (nSPS) is 10.4. The third-order valence-corrected chi connectivity index (χ3v) is 3.89. The van der Waals surface area contributed by atoms with E-state index in [1.165, 1.54) is 18.9 Å². The van der Waals surface area contributed by atoms with Crippen LogP contribution in [0.25, 0.3) is 0 Å². The summed E-state index contributed by atoms with van der Waals surface area (Å²) in [6.45, 7) is 0. The minimum absolute atomic E-state index is 0.261. The first-order chi connectivity index (χ1) is 12.7. The number of aryl methyl sites for hydroxylation is 2. The molecular formula is C19H20N4O3. The van der Waals surface area contributed by atoms with Crippen LogP contribution in [0.5, 0.6) is 11.6 Å². The lowest BCUT2D eigenvalue weighted by Crippen LogP contribution is -2.12. The van der Waals surface area contributed by atoms with Crippen LogP contribution in [0.2, 0.25) is 0 Å². The lowest BCUT2D eigenvalue weighted by atomic mass is 10.1. The van der Waals surface area contributed by atoms with E-state index in [9.17, 15) is 4.79 Å². The van der Waals surface area contributed by atoms with Crippen LogP contribution >= 0.6 is 0 Å². The van der Waals surface area contributed by atoms with Gasteiger partial charge in [-0.25, -0.2) is 4.98 Å². The van der Waals surface area contributed by atoms with Crippen LogP contribution in [0.4, 0.5) is 5.82 Å². The molecule has 0 fully saturated rings. The highest BCUT2D eigenvalue weighted by atomic mass is 16.5. The summed E-state index contributed by atoms with van der Waals surface area (Å²) in [4.78, 5) is 16.2. The Hall–Kier alpha value is -3.35. The van der Waals surface area contributed by atoms with Crippen LogP contribution in [-0.2, 0) is 12.8 Å². The number of carbonyl (C=O) groups excluding carboxylic acids is 1. The fourth-order valence-electron chi connectivity index (χ4n) is 2.49. The second kappa shape index (κ2) is 8.15. The van der Waals surface area contributed by atoms with Crippen LogP contribution in [-0.4, -0.2) is 35.3 Å². The molecule has 0 bridgehead atoms. The minimum atomic E-state index is -0.261. The number of hydrogen-bond donors (Lipinski definition) is 2. The first-order valence-electron chi connectivity index (χ1n) is 8.16. The number of H-pyrrole nitrogens is 1. The van der Waals surface area contributed by atoms with Gasteiger partial charge in [0.1, 0.15) is 11.6 Å². The Morgan fingerprint density at radius 3 is 2.73 bits per heavy atom. The van der Waals surface area contributed by atoms with Gasteiger partial charge < -0.3 is 14.8 Å². The van der Waals surface area contributed by atoms with Gasteiger partial charge in [-0.1, -0.05) is 12.1 Å². The van der Waals surface area contributed by atoms with Crippen molar-refractivity contribution in [1.29, 1.82) is 0 Å². The number of ether oxygens (including phenoxy) is 2. The Morgan fingerprint density at radius 2 is 2.00 bits per heavy atom. The fourth-order valence-corrected chi connectivity index (χ4v) is 2.49. The minimum Gasteiger partial charge on any atom is -0.497 e. The Kier molecular flexibility index (Phi) is 5.48. The Balaban J connectivity index is 1.57. The first kappa shape index (κ1) is 17.5. The molecule has 0 aliphatic heterocycles. The van der Waals surface area contributed by atoms with Gasteiger partial charge in [-0.05, 0) is 36.6 Å². The smallest absolute Gasteiger partial charge is 0.258 e. The van der Waals surface area contributed by atoms with Gasteiger partial charge in [0.2, 0.25) is 5.88 Å². The molecule has 2 heterocycles. The summed E-state index contributed by atoms with van der Waals surface area (Å²) in [6, 6.07) is 13.1. The number of nitrogens with zero attached hydrogens (tertiary/aromatic N) is 2. The number of pyridine rings is 1. The molecule has 134 valence electrons. The molecule has 0 radical (unpaired) electrons. The van der Waals surface area contributed by atoms with Crippen LogP contribution in [0.15, 0.2) is 48.7 Å². The second-order valence-electron chi connectivity index (χ2n) is 5.67. The van der Waals surface area contributed by atoms with E-state index < -0.39 is 0 Å². The van der Waals surface area contributed by atoms with Crippen molar-refractivity contribution in [3.63, 3.8) is 0 Å². The van der Waals surface area contributed by atoms with Crippen molar-refractivity contribution in [2.24, 2.45) is 0 Å². The maximum Gasteiger partial charge on any atom is 0.258 e. The van der Waals surface area contributed by atoms with Gasteiger partial charge in [0.05, 0.1) is 25.5 Å². The number of rotatable bonds is 7. The third-order valence-electron chi connectivity index (χ3n) is 3.89. The van der Waals surface area contributed by atoms with Gasteiger partial charge in [0.25, 0.3) is 5.91 Å². The molecule has 2 N–H and O–H groups in total. The molecular weight excluding hydrogens is 332 g/mol. The van der Waals surface area contributed by atoms with Crippen molar-refractivity contribution in [3.8, 4) is 11.6 Å². The highest BCUT2D eigenvalue weighted by molar-refractivity contribution is 6.03. The third kappa shape index (κ3) is 4.38. The molecule has 2 aromatic heterocycles. The van der Waals surface area contributed by atoms with E-state index in [2.05, 4.69) is 26.6 Å². The topological polar surface area (TPSA) is 89.1 Å². The van der Waals surface area contributed by atoms with Crippen LogP contribution in [0.3, 0.4) is 0 Å². The molecule has 0 unspecified atom stereocenters. The van der Waals surface area contributed by atoms with Crippen molar-refractivity contribution in [2.75, 3.05) is 19.5 Å². The summed E-state index contributed by atoms with van der Waals surface area (Å²) < 4.78 is 10.2. The zero-order valence-electron chi connectivity index (χ0n) is 14.7. The molecule has 1 amide bonds. The number of methoxy groups -OCH3 is 2. The molecule has 3 rings (SSSR count). The summed E-state index contributed by atoms with van der Waals surface area (Å²) in [5.74, 6) is 1.59. The summed E-state index contributed by atoms with van der Waals surface area (Å²) in [6.07, 6.45) is 3.05. The quantitative estimate of drug-likeness (QED) is 0.682. The molecule has 0 spiro atoms. The van der Waals surface area contributed by atoms with Crippen LogP contribution in [0, 0.1) is 0 Å². The van der Waals surface area contributed by atoms with Gasteiger partial charge in [-0.3, -0.25) is 9.89 Å². The lowest BCUT2D eigenvalue weighted by molar-refractivity contribution is 0.102. The van der Waals surface area contributed by atoms with Crippen molar-refractivity contribution < 1.29 is 14.3 Å². The Labute approximate surface area is 151 Å². The average Bonchev–Trinajstić information content (AvgIpc) is 3.14. The van der Waals surface area contributed by atoms with Crippen molar-refractivity contribution in [3.05, 3.63) is 65.5 Å². The van der Waals surface area contributed by atoms with Crippen molar-refractivity contribution >= 4 is 11.7 Å². The number of aromatic nitrogens is 3. The summed E-state index contributed by atoms with van der Waals surface area (Å²) in [7, 11) is 3.18. The number of benzene rings is 1. The zero-order valence-corrected chi connectivity index (χ0v) is 14.7. The largest absolute Gasteiger partial charge is 0.497 e. The van der Waals surface area contributed by atoms with Crippen molar-refractivity contribution in [1.82, 2.24) is 15.2 Å². The molecule has 3 aromatic rings. The van der Waals surface area contributed by atoms with Gasteiger partial charge in [-0.15, -0.1) is 0 Å². The Bertz CT molecular complexity index is 875. The SMILES string of the molecule is COc1cccc(CCc2cc(NC(=O)c3ccc(OC)nc3)[nH]n2)c1. The summed E-state index contributed by atoms with van der Waals surface area (Å²) in [5.41, 5.74) is 2.48. The molecule has 1 aromatic carbocycles. The molecule has 0 saturated carbocycles. The van der Waals surface area contributed by atoms with Crippen LogP contribution in [0.1, 0.15) is 21.6 Å². The fraction of sp³-hybridized carbons (Fsp3) is 0.211. The second-order valence-corrected chi connectivity index (χ2v) is 5.67. The predicted molar refractivity (Wildman–Crippen MR) is 97.7 cm³/mol. The molecule has 0 atom stereocenters. The molecule has 7 heteroatoms. The molecule has 0 aliphatic rings. The van der Waals surface area contributed by atoms with Crippen molar-refractivity contribution in [2.45, 2.75) is 12.8 Å².